The van der Waals surface area contributed by atoms with Gasteiger partial charge >= 0.3 is 0 Å². The summed E-state index contributed by atoms with van der Waals surface area (Å²) in [4.78, 5) is 29.6. The van der Waals surface area contributed by atoms with Crippen molar-refractivity contribution in [2.75, 3.05) is 19.9 Å². The zero-order valence-corrected chi connectivity index (χ0v) is 22.3. The molecule has 2 aliphatic heterocycles. The first-order chi connectivity index (χ1) is 19.5. The van der Waals surface area contributed by atoms with Gasteiger partial charge < -0.3 is 24.4 Å². The van der Waals surface area contributed by atoms with E-state index in [1.807, 2.05) is 73.7 Å². The molecule has 2 aliphatic rings. The molecule has 6 rings (SSSR count). The summed E-state index contributed by atoms with van der Waals surface area (Å²) < 4.78 is 18.3. The van der Waals surface area contributed by atoms with Gasteiger partial charge in [0.25, 0.3) is 0 Å². The number of aromatic nitrogens is 3. The standard InChI is InChI=1S/C30H31N5O5/c1-20-8-11-22(12-9-20)29(30(37)31-16-23-5-4-14-38-23)34(17-21-10-13-26-27(15-21)40-19-39-26)28(36)18-35-25-7-3-2-6-24(25)32-33-35/h2-3,6-13,15,23,29H,4-5,14,16-19H2,1H3,(H,31,37)/t23-,29+/m0/s1. The maximum absolute atomic E-state index is 14.1. The van der Waals surface area contributed by atoms with E-state index in [4.69, 9.17) is 14.2 Å². The van der Waals surface area contributed by atoms with Crippen molar-refractivity contribution in [3.05, 3.63) is 83.4 Å². The van der Waals surface area contributed by atoms with Gasteiger partial charge in [-0.25, -0.2) is 4.68 Å². The normalized spacial score (nSPS) is 16.7. The zero-order chi connectivity index (χ0) is 27.5. The smallest absolute Gasteiger partial charge is 0.247 e. The predicted molar refractivity (Wildman–Crippen MR) is 147 cm³/mol. The number of fused-ring (bicyclic) bond motifs is 2. The number of benzene rings is 3. The number of aryl methyl sites for hydroxylation is 1. The van der Waals surface area contributed by atoms with Gasteiger partial charge in [0, 0.05) is 19.7 Å². The van der Waals surface area contributed by atoms with Crippen LogP contribution in [0.4, 0.5) is 0 Å². The molecule has 10 nitrogen and oxygen atoms in total. The van der Waals surface area contributed by atoms with E-state index in [9.17, 15) is 9.59 Å². The van der Waals surface area contributed by atoms with E-state index in [-0.39, 0.29) is 37.8 Å². The van der Waals surface area contributed by atoms with Crippen LogP contribution in [0.2, 0.25) is 0 Å². The summed E-state index contributed by atoms with van der Waals surface area (Å²) in [6.07, 6.45) is 1.85. The maximum Gasteiger partial charge on any atom is 0.247 e. The lowest BCUT2D eigenvalue weighted by molar-refractivity contribution is -0.142. The quantitative estimate of drug-likeness (QED) is 0.345. The number of hydrogen-bond acceptors (Lipinski definition) is 7. The first-order valence-corrected chi connectivity index (χ1v) is 13.5. The topological polar surface area (TPSA) is 108 Å². The van der Waals surface area contributed by atoms with E-state index in [2.05, 4.69) is 15.6 Å². The van der Waals surface area contributed by atoms with Gasteiger partial charge in [-0.05, 0) is 55.2 Å². The van der Waals surface area contributed by atoms with Crippen LogP contribution in [0.1, 0.15) is 35.6 Å². The molecule has 2 atom stereocenters. The van der Waals surface area contributed by atoms with Crippen molar-refractivity contribution in [1.82, 2.24) is 25.2 Å². The molecule has 2 amide bonds. The number of carbonyl (C=O) groups excluding carboxylic acids is 2. The Labute approximate surface area is 231 Å². The highest BCUT2D eigenvalue weighted by molar-refractivity contribution is 5.89. The molecule has 0 bridgehead atoms. The summed E-state index contributed by atoms with van der Waals surface area (Å²) in [5.74, 6) is 0.727. The van der Waals surface area contributed by atoms with Crippen LogP contribution in [-0.4, -0.2) is 57.8 Å². The minimum Gasteiger partial charge on any atom is -0.454 e. The van der Waals surface area contributed by atoms with Crippen LogP contribution >= 0.6 is 0 Å². The fourth-order valence-corrected chi connectivity index (χ4v) is 5.15. The van der Waals surface area contributed by atoms with Crippen LogP contribution in [0, 0.1) is 6.92 Å². The van der Waals surface area contributed by atoms with E-state index < -0.39 is 6.04 Å². The zero-order valence-electron chi connectivity index (χ0n) is 22.3. The number of ether oxygens (including phenoxy) is 3. The van der Waals surface area contributed by atoms with Gasteiger partial charge in [0.1, 0.15) is 18.1 Å². The molecule has 1 N–H and O–H groups in total. The molecule has 1 saturated heterocycles. The first kappa shape index (κ1) is 25.8. The molecule has 3 heterocycles. The molecule has 1 aromatic heterocycles. The second-order valence-corrected chi connectivity index (χ2v) is 10.1. The first-order valence-electron chi connectivity index (χ1n) is 13.5. The van der Waals surface area contributed by atoms with Gasteiger partial charge in [-0.15, -0.1) is 5.10 Å². The second kappa shape index (κ2) is 11.4. The minimum atomic E-state index is -0.880. The van der Waals surface area contributed by atoms with Crippen molar-refractivity contribution in [2.24, 2.45) is 0 Å². The van der Waals surface area contributed by atoms with E-state index >= 15 is 0 Å². The highest BCUT2D eigenvalue weighted by Crippen LogP contribution is 2.34. The summed E-state index contributed by atoms with van der Waals surface area (Å²) in [5, 5.41) is 11.5. The fourth-order valence-electron chi connectivity index (χ4n) is 5.15. The van der Waals surface area contributed by atoms with Crippen molar-refractivity contribution >= 4 is 22.8 Å². The Morgan fingerprint density at radius 1 is 1.07 bits per heavy atom. The molecule has 0 aliphatic carbocycles. The summed E-state index contributed by atoms with van der Waals surface area (Å²) in [5.41, 5.74) is 4.03. The van der Waals surface area contributed by atoms with Crippen molar-refractivity contribution in [3.63, 3.8) is 0 Å². The molecule has 0 unspecified atom stereocenters. The Hall–Kier alpha value is -4.44. The average Bonchev–Trinajstić information content (AvgIpc) is 3.74. The molecular weight excluding hydrogens is 510 g/mol. The Bertz CT molecular complexity index is 1510. The van der Waals surface area contributed by atoms with Gasteiger partial charge in [-0.1, -0.05) is 53.2 Å². The minimum absolute atomic E-state index is 0.0258. The summed E-state index contributed by atoms with van der Waals surface area (Å²) >= 11 is 0. The lowest BCUT2D eigenvalue weighted by atomic mass is 10.0. The molecule has 206 valence electrons. The van der Waals surface area contributed by atoms with Gasteiger partial charge in [0.2, 0.25) is 18.6 Å². The number of carbonyl (C=O) groups is 2. The van der Waals surface area contributed by atoms with Gasteiger partial charge in [0.05, 0.1) is 11.6 Å². The van der Waals surface area contributed by atoms with Crippen LogP contribution in [-0.2, 0) is 27.4 Å². The summed E-state index contributed by atoms with van der Waals surface area (Å²) in [6, 6.07) is 19.8. The van der Waals surface area contributed by atoms with Crippen LogP contribution in [0.25, 0.3) is 11.0 Å². The third-order valence-corrected chi connectivity index (χ3v) is 7.30. The lowest BCUT2D eigenvalue weighted by Gasteiger charge is -2.32. The Balaban J connectivity index is 1.35. The van der Waals surface area contributed by atoms with E-state index in [0.717, 1.165) is 29.5 Å². The molecular formula is C30H31N5O5. The van der Waals surface area contributed by atoms with Crippen molar-refractivity contribution in [1.29, 1.82) is 0 Å². The molecule has 4 aromatic rings. The fraction of sp³-hybridized carbons (Fsp3) is 0.333. The highest BCUT2D eigenvalue weighted by atomic mass is 16.7. The Morgan fingerprint density at radius 2 is 1.90 bits per heavy atom. The van der Waals surface area contributed by atoms with Crippen molar-refractivity contribution in [3.8, 4) is 11.5 Å². The second-order valence-electron chi connectivity index (χ2n) is 10.1. The number of hydrogen-bond donors (Lipinski definition) is 1. The molecule has 10 heteroatoms. The van der Waals surface area contributed by atoms with Gasteiger partial charge in [-0.3, -0.25) is 9.59 Å². The maximum atomic E-state index is 14.1. The summed E-state index contributed by atoms with van der Waals surface area (Å²) in [6.45, 7) is 3.32. The Morgan fingerprint density at radius 3 is 2.73 bits per heavy atom. The summed E-state index contributed by atoms with van der Waals surface area (Å²) in [7, 11) is 0. The van der Waals surface area contributed by atoms with E-state index in [1.165, 1.54) is 0 Å². The molecule has 3 aromatic carbocycles. The third-order valence-electron chi connectivity index (χ3n) is 7.30. The number of para-hydroxylation sites is 1. The predicted octanol–water partition coefficient (Wildman–Crippen LogP) is 3.53. The van der Waals surface area contributed by atoms with Crippen molar-refractivity contribution < 1.29 is 23.8 Å². The highest BCUT2D eigenvalue weighted by Gasteiger charge is 2.33. The van der Waals surface area contributed by atoms with Crippen molar-refractivity contribution in [2.45, 2.75) is 45.0 Å². The monoisotopic (exact) mass is 541 g/mol. The van der Waals surface area contributed by atoms with Crippen LogP contribution in [0.3, 0.4) is 0 Å². The molecule has 0 saturated carbocycles. The number of nitrogens with one attached hydrogen (secondary N) is 1. The molecule has 0 radical (unpaired) electrons. The Kier molecular flexibility index (Phi) is 7.33. The van der Waals surface area contributed by atoms with E-state index in [1.54, 1.807) is 9.58 Å². The number of amides is 2. The third kappa shape index (κ3) is 5.48. The number of nitrogens with zero attached hydrogens (tertiary/aromatic N) is 4. The van der Waals surface area contributed by atoms with Gasteiger partial charge in [0.15, 0.2) is 11.5 Å². The van der Waals surface area contributed by atoms with Gasteiger partial charge in [-0.2, -0.15) is 0 Å². The van der Waals surface area contributed by atoms with Crippen LogP contribution in [0.5, 0.6) is 11.5 Å². The van der Waals surface area contributed by atoms with Crippen LogP contribution < -0.4 is 14.8 Å². The largest absolute Gasteiger partial charge is 0.454 e. The molecule has 40 heavy (non-hydrogen) atoms. The molecule has 0 spiro atoms. The lowest BCUT2D eigenvalue weighted by Crippen LogP contribution is -2.46. The van der Waals surface area contributed by atoms with Crippen LogP contribution in [0.15, 0.2) is 66.7 Å². The number of rotatable bonds is 9. The SMILES string of the molecule is Cc1ccc([C@H](C(=O)NC[C@@H]2CCCO2)N(Cc2ccc3c(c2)OCO3)C(=O)Cn2nnc3ccccc32)cc1. The average molecular weight is 542 g/mol. The molecule has 1 fully saturated rings. The van der Waals surface area contributed by atoms with E-state index in [0.29, 0.717) is 35.7 Å².